The zero-order valence-electron chi connectivity index (χ0n) is 21.5. The van der Waals surface area contributed by atoms with Crippen LogP contribution >= 0.6 is 0 Å². The molecule has 0 amide bonds. The van der Waals surface area contributed by atoms with Gasteiger partial charge in [-0.1, -0.05) is 56.9 Å². The fourth-order valence-corrected chi connectivity index (χ4v) is 5.90. The van der Waals surface area contributed by atoms with Crippen LogP contribution in [-0.4, -0.2) is 12.7 Å². The van der Waals surface area contributed by atoms with Crippen LogP contribution in [0.4, 0.5) is 4.39 Å². The smallest absolute Gasteiger partial charge is 0.196 e. The Labute approximate surface area is 208 Å². The lowest BCUT2D eigenvalue weighted by Crippen LogP contribution is -2.25. The topological polar surface area (TPSA) is 33.0 Å². The standard InChI is InChI=1S/C31H46FNO/c1-2-3-4-5-6-8-25-11-17-28(18-12-25)29-19-13-27(14-20-29)24-34-31-21-15-26(16-22-31)9-7-10-30(32)23-33/h10-12,17-18,26-27,29,31H,2-9,13-16,19-22,24H2,1H3. The molecular weight excluding hydrogens is 421 g/mol. The maximum atomic E-state index is 12.9. The maximum Gasteiger partial charge on any atom is 0.196 e. The van der Waals surface area contributed by atoms with Crippen LogP contribution in [0.25, 0.3) is 0 Å². The van der Waals surface area contributed by atoms with Crippen LogP contribution in [0.3, 0.4) is 0 Å². The SMILES string of the molecule is CCCCCCCc1ccc(C2CCC(COC3CCC(CCC=C(F)C#N)CC3)CC2)cc1. The average molecular weight is 468 g/mol. The number of benzene rings is 1. The number of nitrogens with zero attached hydrogens (tertiary/aromatic N) is 1. The second-order valence-corrected chi connectivity index (χ2v) is 10.8. The van der Waals surface area contributed by atoms with Gasteiger partial charge in [0.1, 0.15) is 6.07 Å². The molecule has 0 spiro atoms. The van der Waals surface area contributed by atoms with E-state index in [1.54, 1.807) is 6.07 Å². The third kappa shape index (κ3) is 9.53. The summed E-state index contributed by atoms with van der Waals surface area (Å²) in [5.41, 5.74) is 3.04. The Morgan fingerprint density at radius 2 is 1.62 bits per heavy atom. The van der Waals surface area contributed by atoms with Crippen LogP contribution in [0.15, 0.2) is 36.2 Å². The lowest BCUT2D eigenvalue weighted by Gasteiger charge is -2.32. The Balaban J connectivity index is 1.27. The maximum absolute atomic E-state index is 12.9. The van der Waals surface area contributed by atoms with Crippen LogP contribution in [0.1, 0.15) is 120 Å². The molecular formula is C31H46FNO. The zero-order valence-corrected chi connectivity index (χ0v) is 21.5. The molecule has 2 saturated carbocycles. The third-order valence-corrected chi connectivity index (χ3v) is 8.23. The van der Waals surface area contributed by atoms with Crippen molar-refractivity contribution in [3.8, 4) is 6.07 Å². The molecule has 2 aliphatic carbocycles. The Hall–Kier alpha value is -1.66. The van der Waals surface area contributed by atoms with E-state index in [9.17, 15) is 4.39 Å². The van der Waals surface area contributed by atoms with E-state index in [1.807, 2.05) is 0 Å². The Morgan fingerprint density at radius 1 is 0.941 bits per heavy atom. The number of unbranched alkanes of at least 4 members (excludes halogenated alkanes) is 4. The number of allylic oxidation sites excluding steroid dienone is 2. The molecule has 0 radical (unpaired) electrons. The summed E-state index contributed by atoms with van der Waals surface area (Å²) < 4.78 is 19.2. The summed E-state index contributed by atoms with van der Waals surface area (Å²) in [7, 11) is 0. The first-order valence-corrected chi connectivity index (χ1v) is 14.1. The van der Waals surface area contributed by atoms with Crippen molar-refractivity contribution in [1.82, 2.24) is 0 Å². The highest BCUT2D eigenvalue weighted by Gasteiger charge is 2.25. The number of halogens is 1. The van der Waals surface area contributed by atoms with Gasteiger partial charge in [0.2, 0.25) is 0 Å². The molecule has 1 aromatic rings. The molecule has 3 heteroatoms. The molecule has 0 heterocycles. The molecule has 0 saturated heterocycles. The fraction of sp³-hybridized carbons (Fsp3) is 0.710. The van der Waals surface area contributed by atoms with Crippen molar-refractivity contribution in [1.29, 1.82) is 5.26 Å². The number of aryl methyl sites for hydroxylation is 1. The first kappa shape index (κ1) is 26.9. The molecule has 34 heavy (non-hydrogen) atoms. The quantitative estimate of drug-likeness (QED) is 0.214. The van der Waals surface area contributed by atoms with Crippen molar-refractivity contribution in [2.45, 2.75) is 122 Å². The van der Waals surface area contributed by atoms with Gasteiger partial charge >= 0.3 is 0 Å². The average Bonchev–Trinajstić information content (AvgIpc) is 2.88. The van der Waals surface area contributed by atoms with E-state index in [2.05, 4.69) is 31.2 Å². The highest BCUT2D eigenvalue weighted by atomic mass is 19.1. The number of rotatable bonds is 13. The van der Waals surface area contributed by atoms with Crippen molar-refractivity contribution in [2.75, 3.05) is 6.61 Å². The van der Waals surface area contributed by atoms with E-state index in [1.165, 1.54) is 94.3 Å². The molecule has 0 atom stereocenters. The third-order valence-electron chi connectivity index (χ3n) is 8.23. The molecule has 188 valence electrons. The molecule has 0 unspecified atom stereocenters. The van der Waals surface area contributed by atoms with Gasteiger partial charge in [-0.25, -0.2) is 0 Å². The summed E-state index contributed by atoms with van der Waals surface area (Å²) in [6, 6.07) is 11.1. The minimum Gasteiger partial charge on any atom is -0.378 e. The van der Waals surface area contributed by atoms with E-state index in [0.717, 1.165) is 37.7 Å². The van der Waals surface area contributed by atoms with E-state index < -0.39 is 5.83 Å². The minimum absolute atomic E-state index is 0.412. The molecule has 2 fully saturated rings. The van der Waals surface area contributed by atoms with Gasteiger partial charge in [-0.05, 0) is 112 Å². The summed E-state index contributed by atoms with van der Waals surface area (Å²) in [6.07, 6.45) is 21.3. The summed E-state index contributed by atoms with van der Waals surface area (Å²) in [4.78, 5) is 0. The highest BCUT2D eigenvalue weighted by Crippen LogP contribution is 2.37. The predicted molar refractivity (Wildman–Crippen MR) is 139 cm³/mol. The van der Waals surface area contributed by atoms with Crippen molar-refractivity contribution >= 4 is 0 Å². The van der Waals surface area contributed by atoms with Gasteiger partial charge in [-0.3, -0.25) is 0 Å². The van der Waals surface area contributed by atoms with Crippen LogP contribution in [-0.2, 0) is 11.2 Å². The van der Waals surface area contributed by atoms with Gasteiger partial charge in [0.05, 0.1) is 6.10 Å². The lowest BCUT2D eigenvalue weighted by atomic mass is 9.78. The molecule has 2 nitrogen and oxygen atoms in total. The molecule has 2 aliphatic rings. The molecule has 0 aliphatic heterocycles. The van der Waals surface area contributed by atoms with Gasteiger partial charge in [0.15, 0.2) is 5.83 Å². The zero-order chi connectivity index (χ0) is 24.0. The second-order valence-electron chi connectivity index (χ2n) is 10.8. The van der Waals surface area contributed by atoms with Crippen LogP contribution in [0.2, 0.25) is 0 Å². The molecule has 3 rings (SSSR count). The number of nitriles is 1. The highest BCUT2D eigenvalue weighted by molar-refractivity contribution is 5.26. The van der Waals surface area contributed by atoms with E-state index in [4.69, 9.17) is 10.00 Å². The molecule has 1 aromatic carbocycles. The first-order chi connectivity index (χ1) is 16.7. The van der Waals surface area contributed by atoms with Crippen molar-refractivity contribution in [3.05, 3.63) is 47.3 Å². The summed E-state index contributed by atoms with van der Waals surface area (Å²) >= 11 is 0. The van der Waals surface area contributed by atoms with Gasteiger partial charge in [-0.15, -0.1) is 0 Å². The van der Waals surface area contributed by atoms with Gasteiger partial charge in [0, 0.05) is 6.61 Å². The fourth-order valence-electron chi connectivity index (χ4n) is 5.90. The summed E-state index contributed by atoms with van der Waals surface area (Å²) in [5.74, 6) is 1.46. The Bertz CT molecular complexity index is 749. The van der Waals surface area contributed by atoms with Crippen molar-refractivity contribution in [2.24, 2.45) is 11.8 Å². The van der Waals surface area contributed by atoms with E-state index in [0.29, 0.717) is 18.4 Å². The summed E-state index contributed by atoms with van der Waals surface area (Å²) in [6.45, 7) is 3.20. The van der Waals surface area contributed by atoms with Crippen LogP contribution < -0.4 is 0 Å². The van der Waals surface area contributed by atoms with E-state index >= 15 is 0 Å². The molecule has 0 N–H and O–H groups in total. The molecule has 0 bridgehead atoms. The first-order valence-electron chi connectivity index (χ1n) is 14.1. The van der Waals surface area contributed by atoms with Gasteiger partial charge < -0.3 is 4.74 Å². The van der Waals surface area contributed by atoms with Crippen molar-refractivity contribution in [3.63, 3.8) is 0 Å². The van der Waals surface area contributed by atoms with Gasteiger partial charge in [0.25, 0.3) is 0 Å². The van der Waals surface area contributed by atoms with Gasteiger partial charge in [-0.2, -0.15) is 9.65 Å². The normalized spacial score (nSPS) is 25.7. The largest absolute Gasteiger partial charge is 0.378 e. The van der Waals surface area contributed by atoms with Crippen LogP contribution in [0.5, 0.6) is 0 Å². The predicted octanol–water partition coefficient (Wildman–Crippen LogP) is 9.21. The second kappa shape index (κ2) is 15.4. The summed E-state index contributed by atoms with van der Waals surface area (Å²) in [5, 5.41) is 8.49. The monoisotopic (exact) mass is 467 g/mol. The van der Waals surface area contributed by atoms with E-state index in [-0.39, 0.29) is 0 Å². The Kier molecular flexibility index (Phi) is 12.2. The lowest BCUT2D eigenvalue weighted by molar-refractivity contribution is -0.00824. The van der Waals surface area contributed by atoms with Crippen molar-refractivity contribution < 1.29 is 9.13 Å². The number of ether oxygens (including phenoxy) is 1. The minimum atomic E-state index is -0.642. The van der Waals surface area contributed by atoms with Crippen LogP contribution in [0, 0.1) is 23.2 Å². The number of hydrogen-bond acceptors (Lipinski definition) is 2. The Morgan fingerprint density at radius 3 is 2.29 bits per heavy atom. The number of hydrogen-bond donors (Lipinski definition) is 0. The molecule has 0 aromatic heterocycles.